The minimum Gasteiger partial charge on any atom is -0.492 e. The van der Waals surface area contributed by atoms with Crippen LogP contribution in [-0.2, 0) is 10.0 Å². The Balaban J connectivity index is 2.42. The molecule has 2 aromatic rings. The van der Waals surface area contributed by atoms with Gasteiger partial charge in [-0.2, -0.15) is 0 Å². The van der Waals surface area contributed by atoms with Crippen molar-refractivity contribution in [3.63, 3.8) is 0 Å². The molecule has 122 valence electrons. The Bertz CT molecular complexity index is 803. The van der Waals surface area contributed by atoms with Gasteiger partial charge in [-0.25, -0.2) is 8.42 Å². The van der Waals surface area contributed by atoms with Crippen LogP contribution in [0.15, 0.2) is 53.4 Å². The molecule has 0 aliphatic heterocycles. The van der Waals surface area contributed by atoms with Gasteiger partial charge in [-0.1, -0.05) is 24.3 Å². The lowest BCUT2D eigenvalue weighted by Crippen LogP contribution is -2.22. The quantitative estimate of drug-likeness (QED) is 0.848. The molecule has 0 unspecified atom stereocenters. The minimum atomic E-state index is -3.89. The Labute approximate surface area is 135 Å². The lowest BCUT2D eigenvalue weighted by atomic mass is 10.2. The number of benzene rings is 2. The van der Waals surface area contributed by atoms with Crippen LogP contribution in [-0.4, -0.2) is 28.0 Å². The van der Waals surface area contributed by atoms with Crippen LogP contribution in [0.4, 0.5) is 5.69 Å². The molecular formula is C16H18N2O4S. The summed E-state index contributed by atoms with van der Waals surface area (Å²) in [6, 6.07) is 12.7. The van der Waals surface area contributed by atoms with Gasteiger partial charge in [0.05, 0.1) is 17.9 Å². The van der Waals surface area contributed by atoms with E-state index >= 15 is 0 Å². The third kappa shape index (κ3) is 3.81. The van der Waals surface area contributed by atoms with Crippen molar-refractivity contribution in [3.8, 4) is 5.75 Å². The van der Waals surface area contributed by atoms with Crippen molar-refractivity contribution in [2.24, 2.45) is 0 Å². The topological polar surface area (TPSA) is 84.5 Å². The van der Waals surface area contributed by atoms with Crippen molar-refractivity contribution in [2.75, 3.05) is 18.4 Å². The van der Waals surface area contributed by atoms with Crippen LogP contribution in [0.5, 0.6) is 5.75 Å². The van der Waals surface area contributed by atoms with E-state index in [9.17, 15) is 13.2 Å². The number of carbonyl (C=O) groups is 1. The SMILES string of the molecule is CCOc1ccccc1S(=O)(=O)Nc1ccccc1C(=O)NC. The highest BCUT2D eigenvalue weighted by Gasteiger charge is 2.21. The molecule has 0 fully saturated rings. The Hall–Kier alpha value is -2.54. The molecule has 0 heterocycles. The van der Waals surface area contributed by atoms with Gasteiger partial charge in [-0.05, 0) is 31.2 Å². The molecule has 0 aliphatic carbocycles. The predicted octanol–water partition coefficient (Wildman–Crippen LogP) is 2.25. The second kappa shape index (κ2) is 7.15. The number of nitrogens with one attached hydrogen (secondary N) is 2. The molecule has 0 bridgehead atoms. The molecule has 7 heteroatoms. The van der Waals surface area contributed by atoms with E-state index in [0.29, 0.717) is 6.61 Å². The summed E-state index contributed by atoms with van der Waals surface area (Å²) < 4.78 is 33.1. The summed E-state index contributed by atoms with van der Waals surface area (Å²) in [5.41, 5.74) is 0.450. The number of anilines is 1. The van der Waals surface area contributed by atoms with E-state index in [1.165, 1.54) is 19.2 Å². The highest BCUT2D eigenvalue weighted by Crippen LogP contribution is 2.26. The predicted molar refractivity (Wildman–Crippen MR) is 88.3 cm³/mol. The Morgan fingerprint density at radius 1 is 1.09 bits per heavy atom. The van der Waals surface area contributed by atoms with Crippen LogP contribution >= 0.6 is 0 Å². The monoisotopic (exact) mass is 334 g/mol. The van der Waals surface area contributed by atoms with E-state index in [2.05, 4.69) is 10.0 Å². The van der Waals surface area contributed by atoms with Crippen molar-refractivity contribution < 1.29 is 17.9 Å². The first kappa shape index (κ1) is 16.8. The van der Waals surface area contributed by atoms with Crippen LogP contribution < -0.4 is 14.8 Å². The van der Waals surface area contributed by atoms with E-state index in [1.807, 2.05) is 0 Å². The molecule has 0 spiro atoms. The Morgan fingerprint density at radius 3 is 2.43 bits per heavy atom. The van der Waals surface area contributed by atoms with Crippen molar-refractivity contribution in [2.45, 2.75) is 11.8 Å². The van der Waals surface area contributed by atoms with E-state index < -0.39 is 10.0 Å². The molecule has 0 atom stereocenters. The molecule has 2 rings (SSSR count). The normalized spacial score (nSPS) is 10.9. The summed E-state index contributed by atoms with van der Waals surface area (Å²) in [5, 5.41) is 2.48. The lowest BCUT2D eigenvalue weighted by Gasteiger charge is -2.14. The molecule has 1 amide bonds. The van der Waals surface area contributed by atoms with Gasteiger partial charge in [-0.15, -0.1) is 0 Å². The Morgan fingerprint density at radius 2 is 1.74 bits per heavy atom. The molecule has 0 saturated carbocycles. The summed E-state index contributed by atoms with van der Waals surface area (Å²) in [7, 11) is -2.40. The largest absolute Gasteiger partial charge is 0.492 e. The van der Waals surface area contributed by atoms with Crippen molar-refractivity contribution in [3.05, 3.63) is 54.1 Å². The first-order valence-corrected chi connectivity index (χ1v) is 8.53. The number of hydrogen-bond acceptors (Lipinski definition) is 4. The van der Waals surface area contributed by atoms with Crippen LogP contribution in [0.25, 0.3) is 0 Å². The maximum atomic E-state index is 12.6. The van der Waals surface area contributed by atoms with E-state index in [1.54, 1.807) is 43.3 Å². The molecule has 0 saturated heterocycles. The van der Waals surface area contributed by atoms with Crippen LogP contribution in [0, 0.1) is 0 Å². The summed E-state index contributed by atoms with van der Waals surface area (Å²) in [4.78, 5) is 11.9. The highest BCUT2D eigenvalue weighted by molar-refractivity contribution is 7.92. The zero-order valence-electron chi connectivity index (χ0n) is 12.9. The molecule has 2 aromatic carbocycles. The maximum Gasteiger partial charge on any atom is 0.265 e. The lowest BCUT2D eigenvalue weighted by molar-refractivity contribution is 0.0964. The number of para-hydroxylation sites is 2. The Kier molecular flexibility index (Phi) is 5.23. The van der Waals surface area contributed by atoms with Crippen LogP contribution in [0.2, 0.25) is 0 Å². The zero-order valence-corrected chi connectivity index (χ0v) is 13.7. The number of carbonyl (C=O) groups excluding carboxylic acids is 1. The second-order valence-corrected chi connectivity index (χ2v) is 6.26. The maximum absolute atomic E-state index is 12.6. The summed E-state index contributed by atoms with van der Waals surface area (Å²) in [6.45, 7) is 2.12. The van der Waals surface area contributed by atoms with Gasteiger partial charge < -0.3 is 10.1 Å². The molecule has 2 N–H and O–H groups in total. The molecule has 0 radical (unpaired) electrons. The van der Waals surface area contributed by atoms with Gasteiger partial charge in [0.1, 0.15) is 10.6 Å². The van der Waals surface area contributed by atoms with Crippen molar-refractivity contribution in [1.82, 2.24) is 5.32 Å². The average molecular weight is 334 g/mol. The number of amides is 1. The van der Waals surface area contributed by atoms with Gasteiger partial charge in [0.15, 0.2) is 0 Å². The van der Waals surface area contributed by atoms with Gasteiger partial charge in [0.2, 0.25) is 0 Å². The molecular weight excluding hydrogens is 316 g/mol. The standard InChI is InChI=1S/C16H18N2O4S/c1-3-22-14-10-6-7-11-15(14)23(20,21)18-13-9-5-4-8-12(13)16(19)17-2/h4-11,18H,3H2,1-2H3,(H,17,19). The fourth-order valence-electron chi connectivity index (χ4n) is 2.05. The fourth-order valence-corrected chi connectivity index (χ4v) is 3.28. The second-order valence-electron chi connectivity index (χ2n) is 4.61. The van der Waals surface area contributed by atoms with Crippen molar-refractivity contribution in [1.29, 1.82) is 0 Å². The van der Waals surface area contributed by atoms with Crippen LogP contribution in [0.3, 0.4) is 0 Å². The summed E-state index contributed by atoms with van der Waals surface area (Å²) in [6.07, 6.45) is 0. The highest BCUT2D eigenvalue weighted by atomic mass is 32.2. The number of hydrogen-bond donors (Lipinski definition) is 2. The van der Waals surface area contributed by atoms with Crippen LogP contribution in [0.1, 0.15) is 17.3 Å². The van der Waals surface area contributed by atoms with Gasteiger partial charge in [0, 0.05) is 7.05 Å². The smallest absolute Gasteiger partial charge is 0.265 e. The first-order chi connectivity index (χ1) is 11.0. The van der Waals surface area contributed by atoms with Crippen molar-refractivity contribution >= 4 is 21.6 Å². The minimum absolute atomic E-state index is 0.0218. The number of sulfonamides is 1. The third-order valence-corrected chi connectivity index (χ3v) is 4.49. The van der Waals surface area contributed by atoms with E-state index in [-0.39, 0.29) is 27.8 Å². The average Bonchev–Trinajstić information content (AvgIpc) is 2.55. The van der Waals surface area contributed by atoms with E-state index in [0.717, 1.165) is 0 Å². The molecule has 0 aromatic heterocycles. The molecule has 23 heavy (non-hydrogen) atoms. The molecule has 6 nitrogen and oxygen atoms in total. The van der Waals surface area contributed by atoms with Gasteiger partial charge >= 0.3 is 0 Å². The number of rotatable bonds is 6. The van der Waals surface area contributed by atoms with Gasteiger partial charge in [-0.3, -0.25) is 9.52 Å². The third-order valence-electron chi connectivity index (χ3n) is 3.08. The first-order valence-electron chi connectivity index (χ1n) is 7.05. The fraction of sp³-hybridized carbons (Fsp3) is 0.188. The zero-order chi connectivity index (χ0) is 16.9. The van der Waals surface area contributed by atoms with Gasteiger partial charge in [0.25, 0.3) is 15.9 Å². The molecule has 0 aliphatic rings. The van der Waals surface area contributed by atoms with E-state index in [4.69, 9.17) is 4.74 Å². The summed E-state index contributed by atoms with van der Waals surface area (Å²) >= 11 is 0. The number of ether oxygens (including phenoxy) is 1. The summed E-state index contributed by atoms with van der Waals surface area (Å²) in [5.74, 6) is -0.110.